The predicted octanol–water partition coefficient (Wildman–Crippen LogP) is 4.50. The zero-order valence-electron chi connectivity index (χ0n) is 20.6. The van der Waals surface area contributed by atoms with E-state index >= 15 is 0 Å². The van der Waals surface area contributed by atoms with E-state index < -0.39 is 0 Å². The minimum absolute atomic E-state index is 0.000502. The van der Waals surface area contributed by atoms with Crippen molar-refractivity contribution in [1.82, 2.24) is 19.3 Å². The molecule has 1 atom stereocenters. The number of fused-ring (bicyclic) bond motifs is 1. The average Bonchev–Trinajstić information content (AvgIpc) is 3.50. The summed E-state index contributed by atoms with van der Waals surface area (Å²) in [6.45, 7) is 5.28. The van der Waals surface area contributed by atoms with Crippen molar-refractivity contribution in [2.45, 2.75) is 12.5 Å². The van der Waals surface area contributed by atoms with Gasteiger partial charge in [0.15, 0.2) is 0 Å². The fourth-order valence-corrected chi connectivity index (χ4v) is 4.32. The van der Waals surface area contributed by atoms with Gasteiger partial charge in [-0.15, -0.1) is 0 Å². The van der Waals surface area contributed by atoms with Gasteiger partial charge in [-0.1, -0.05) is 18.7 Å². The van der Waals surface area contributed by atoms with Crippen molar-refractivity contribution in [3.8, 4) is 22.9 Å². The van der Waals surface area contributed by atoms with Gasteiger partial charge in [0.05, 0.1) is 42.6 Å². The highest BCUT2D eigenvalue weighted by molar-refractivity contribution is 6.00. The fourth-order valence-electron chi connectivity index (χ4n) is 4.32. The Hall–Kier alpha value is -4.44. The Bertz CT molecular complexity index is 1470. The number of aromatic nitrogens is 3. The van der Waals surface area contributed by atoms with Crippen molar-refractivity contribution in [2.75, 3.05) is 37.9 Å². The molecule has 4 aromatic rings. The zero-order chi connectivity index (χ0) is 25.9. The number of methoxy groups -OCH3 is 1. The molecule has 0 bridgehead atoms. The number of likely N-dealkylation sites (N-methyl/N-ethyl adjacent to an activating group) is 1. The molecule has 1 fully saturated rings. The number of anilines is 3. The van der Waals surface area contributed by atoms with E-state index in [-0.39, 0.29) is 17.8 Å². The summed E-state index contributed by atoms with van der Waals surface area (Å²) in [4.78, 5) is 23.3. The van der Waals surface area contributed by atoms with Gasteiger partial charge in [0.2, 0.25) is 5.91 Å². The number of carbonyl (C=O) groups excluding carboxylic acids is 1. The first-order valence-corrected chi connectivity index (χ1v) is 11.8. The zero-order valence-corrected chi connectivity index (χ0v) is 20.6. The quantitative estimate of drug-likeness (QED) is 0.343. The lowest BCUT2D eigenvalue weighted by atomic mass is 10.2. The fraction of sp³-hybridized carbons (Fsp3) is 0.222. The maximum Gasteiger partial charge on any atom is 0.247 e. The second-order valence-corrected chi connectivity index (χ2v) is 8.82. The summed E-state index contributed by atoms with van der Waals surface area (Å²) in [5.41, 5.74) is 2.44. The third-order valence-electron chi connectivity index (χ3n) is 6.15. The van der Waals surface area contributed by atoms with E-state index in [0.717, 1.165) is 25.0 Å². The topological polar surface area (TPSA) is 93.0 Å². The number of hydrogen-bond donors (Lipinski definition) is 2. The molecule has 3 heterocycles. The maximum absolute atomic E-state index is 13.8. The van der Waals surface area contributed by atoms with Crippen LogP contribution < -0.4 is 20.1 Å². The highest BCUT2D eigenvalue weighted by atomic mass is 19.1. The van der Waals surface area contributed by atoms with Crippen molar-refractivity contribution in [2.24, 2.45) is 0 Å². The van der Waals surface area contributed by atoms with Gasteiger partial charge < -0.3 is 25.0 Å². The molecule has 2 N–H and O–H groups in total. The van der Waals surface area contributed by atoms with Crippen molar-refractivity contribution >= 4 is 28.6 Å². The van der Waals surface area contributed by atoms with Crippen molar-refractivity contribution in [1.29, 1.82) is 0 Å². The number of benzene rings is 2. The van der Waals surface area contributed by atoms with Crippen LogP contribution in [0.25, 0.3) is 16.9 Å². The second kappa shape index (κ2) is 10.3. The van der Waals surface area contributed by atoms with E-state index in [4.69, 9.17) is 9.47 Å². The molecule has 5 rings (SSSR count). The van der Waals surface area contributed by atoms with E-state index in [1.165, 1.54) is 18.2 Å². The lowest BCUT2D eigenvalue weighted by Gasteiger charge is -2.20. The van der Waals surface area contributed by atoms with Gasteiger partial charge in [-0.25, -0.2) is 14.4 Å². The molecule has 10 heteroatoms. The lowest BCUT2D eigenvalue weighted by Crippen LogP contribution is -2.22. The third kappa shape index (κ3) is 5.24. The Morgan fingerprint density at radius 2 is 2.03 bits per heavy atom. The van der Waals surface area contributed by atoms with Crippen molar-refractivity contribution in [3.63, 3.8) is 0 Å². The summed E-state index contributed by atoms with van der Waals surface area (Å²) in [7, 11) is 3.60. The number of rotatable bonds is 8. The number of hydrogen-bond acceptors (Lipinski definition) is 7. The highest BCUT2D eigenvalue weighted by Gasteiger charge is 2.23. The molecule has 0 saturated carbocycles. The Balaban J connectivity index is 1.50. The number of nitrogens with zero attached hydrogens (tertiary/aromatic N) is 4. The predicted molar refractivity (Wildman–Crippen MR) is 140 cm³/mol. The molecule has 0 aliphatic carbocycles. The molecule has 1 saturated heterocycles. The Labute approximate surface area is 213 Å². The van der Waals surface area contributed by atoms with Crippen LogP contribution in [-0.4, -0.2) is 58.5 Å². The van der Waals surface area contributed by atoms with E-state index in [1.807, 2.05) is 11.4 Å². The van der Waals surface area contributed by atoms with Crippen LogP contribution in [0.4, 0.5) is 21.6 Å². The van der Waals surface area contributed by atoms with Crippen LogP contribution in [0.3, 0.4) is 0 Å². The van der Waals surface area contributed by atoms with Gasteiger partial charge in [0.1, 0.15) is 35.1 Å². The number of nitrogens with one attached hydrogen (secondary N) is 2. The first kappa shape index (κ1) is 24.3. The smallest absolute Gasteiger partial charge is 0.247 e. The van der Waals surface area contributed by atoms with E-state index in [9.17, 15) is 9.18 Å². The van der Waals surface area contributed by atoms with Gasteiger partial charge in [-0.2, -0.15) is 0 Å². The Morgan fingerprint density at radius 1 is 1.19 bits per heavy atom. The summed E-state index contributed by atoms with van der Waals surface area (Å²) in [5.74, 6) is 1.39. The minimum atomic E-state index is -0.359. The van der Waals surface area contributed by atoms with Crippen LogP contribution in [0.2, 0.25) is 0 Å². The Morgan fingerprint density at radius 3 is 2.76 bits per heavy atom. The summed E-state index contributed by atoms with van der Waals surface area (Å²) in [6.07, 6.45) is 7.19. The van der Waals surface area contributed by atoms with Crippen LogP contribution in [0.1, 0.15) is 6.42 Å². The van der Waals surface area contributed by atoms with Gasteiger partial charge in [0, 0.05) is 24.7 Å². The Kier molecular flexibility index (Phi) is 6.74. The number of amides is 1. The summed E-state index contributed by atoms with van der Waals surface area (Å²) in [5, 5.41) is 6.08. The van der Waals surface area contributed by atoms with Gasteiger partial charge in [-0.05, 0) is 37.7 Å². The molecule has 0 radical (unpaired) electrons. The van der Waals surface area contributed by atoms with Crippen LogP contribution in [0.5, 0.6) is 11.5 Å². The molecule has 1 aliphatic rings. The molecule has 2 aromatic carbocycles. The van der Waals surface area contributed by atoms with Gasteiger partial charge >= 0.3 is 0 Å². The van der Waals surface area contributed by atoms with Crippen LogP contribution >= 0.6 is 0 Å². The normalized spacial score (nSPS) is 15.5. The van der Waals surface area contributed by atoms with Crippen LogP contribution in [0.15, 0.2) is 67.6 Å². The number of likely N-dealkylation sites (tertiary alicyclic amines) is 1. The molecule has 0 spiro atoms. The van der Waals surface area contributed by atoms with Crippen molar-refractivity contribution < 1.29 is 18.7 Å². The van der Waals surface area contributed by atoms with E-state index in [2.05, 4.69) is 32.1 Å². The molecular formula is C27H27FN6O3. The molecule has 1 unspecified atom stereocenters. The summed E-state index contributed by atoms with van der Waals surface area (Å²) < 4.78 is 27.5. The van der Waals surface area contributed by atoms with E-state index in [0.29, 0.717) is 40.1 Å². The van der Waals surface area contributed by atoms with Gasteiger partial charge in [0.25, 0.3) is 0 Å². The highest BCUT2D eigenvalue weighted by Crippen LogP contribution is 2.39. The first-order valence-electron chi connectivity index (χ1n) is 11.8. The van der Waals surface area contributed by atoms with Crippen LogP contribution in [-0.2, 0) is 4.79 Å². The lowest BCUT2D eigenvalue weighted by molar-refractivity contribution is -0.111. The third-order valence-corrected chi connectivity index (χ3v) is 6.15. The maximum atomic E-state index is 13.8. The van der Waals surface area contributed by atoms with Crippen molar-refractivity contribution in [3.05, 3.63) is 73.5 Å². The monoisotopic (exact) mass is 502 g/mol. The largest absolute Gasteiger partial charge is 0.494 e. The molecule has 9 nitrogen and oxygen atoms in total. The molecule has 2 aromatic heterocycles. The number of imidazole rings is 1. The standard InChI is InChI=1S/C27H27FN6O3/c1-4-26(35)32-22-11-21(23(36-3)12-24(22)37-20-8-9-33(2)15-20)31-25-16-34-19(13-29-25)14-30-27(34)17-6-5-7-18(28)10-17/h4-7,10-14,16,20,31H,1,8-9,15H2,2-3H3,(H,32,35). The number of ether oxygens (including phenoxy) is 2. The summed E-state index contributed by atoms with van der Waals surface area (Å²) >= 11 is 0. The summed E-state index contributed by atoms with van der Waals surface area (Å²) in [6, 6.07) is 9.74. The van der Waals surface area contributed by atoms with Crippen LogP contribution in [0, 0.1) is 5.82 Å². The number of halogens is 1. The SMILES string of the molecule is C=CC(=O)Nc1cc(Nc2cn3c(-c4cccc(F)c4)ncc3cn2)c(OC)cc1OC1CCN(C)C1. The molecule has 1 amide bonds. The molecule has 1 aliphatic heterocycles. The molecule has 37 heavy (non-hydrogen) atoms. The van der Waals surface area contributed by atoms with E-state index in [1.54, 1.807) is 50.0 Å². The number of carbonyl (C=O) groups is 1. The molecular weight excluding hydrogens is 475 g/mol. The first-order chi connectivity index (χ1) is 17.9. The molecule has 190 valence electrons. The average molecular weight is 503 g/mol. The second-order valence-electron chi connectivity index (χ2n) is 8.82. The minimum Gasteiger partial charge on any atom is -0.494 e. The van der Waals surface area contributed by atoms with Gasteiger partial charge in [-0.3, -0.25) is 9.20 Å².